The molecule has 2 aromatic rings. The zero-order valence-corrected chi connectivity index (χ0v) is 17.9. The van der Waals surface area contributed by atoms with Gasteiger partial charge in [-0.1, -0.05) is 54.6 Å². The van der Waals surface area contributed by atoms with Crippen LogP contribution < -0.4 is 15.5 Å². The number of nitrogens with one attached hydrogen (secondary N) is 2. The predicted octanol–water partition coefficient (Wildman–Crippen LogP) is 3.39. The Kier molecular flexibility index (Phi) is 7.03. The minimum absolute atomic E-state index is 0.465. The van der Waals surface area contributed by atoms with E-state index in [4.69, 9.17) is 0 Å². The summed E-state index contributed by atoms with van der Waals surface area (Å²) in [7, 11) is 1.84. The van der Waals surface area contributed by atoms with E-state index in [0.29, 0.717) is 6.04 Å². The molecule has 4 rings (SSSR count). The second-order valence-corrected chi connectivity index (χ2v) is 8.08. The van der Waals surface area contributed by atoms with Crippen LogP contribution in [0.15, 0.2) is 71.7 Å². The van der Waals surface area contributed by atoms with Crippen molar-refractivity contribution in [2.45, 2.75) is 32.0 Å². The van der Waals surface area contributed by atoms with Crippen LogP contribution in [-0.4, -0.2) is 50.1 Å². The first kappa shape index (κ1) is 20.5. The van der Waals surface area contributed by atoms with E-state index in [1.165, 1.54) is 16.8 Å². The molecular formula is C25H33N5. The third-order valence-corrected chi connectivity index (χ3v) is 6.02. The number of anilines is 1. The van der Waals surface area contributed by atoms with Crippen LogP contribution in [0.3, 0.4) is 0 Å². The Hall–Kier alpha value is -2.79. The molecule has 1 aliphatic carbocycles. The fraction of sp³-hybridized carbons (Fsp3) is 0.400. The van der Waals surface area contributed by atoms with Crippen LogP contribution in [0, 0.1) is 0 Å². The second kappa shape index (κ2) is 10.3. The summed E-state index contributed by atoms with van der Waals surface area (Å²) >= 11 is 0. The Morgan fingerprint density at radius 1 is 0.900 bits per heavy atom. The molecule has 30 heavy (non-hydrogen) atoms. The molecule has 5 heteroatoms. The molecule has 0 spiro atoms. The van der Waals surface area contributed by atoms with Gasteiger partial charge in [0.25, 0.3) is 0 Å². The van der Waals surface area contributed by atoms with Crippen molar-refractivity contribution >= 4 is 11.6 Å². The highest BCUT2D eigenvalue weighted by Gasteiger charge is 2.18. The van der Waals surface area contributed by atoms with E-state index in [1.807, 2.05) is 7.05 Å². The van der Waals surface area contributed by atoms with E-state index in [9.17, 15) is 0 Å². The first-order chi connectivity index (χ1) is 14.8. The monoisotopic (exact) mass is 403 g/mol. The van der Waals surface area contributed by atoms with Crippen LogP contribution in [0.1, 0.15) is 24.0 Å². The molecule has 2 N–H and O–H groups in total. The SMILES string of the molecule is CN=C(NCc1ccccc1CN1CCN(c2ccccc2)CC1)NC1CC=CC1. The van der Waals surface area contributed by atoms with Gasteiger partial charge in [0.1, 0.15) is 0 Å². The maximum Gasteiger partial charge on any atom is 0.191 e. The summed E-state index contributed by atoms with van der Waals surface area (Å²) in [5.74, 6) is 0.884. The topological polar surface area (TPSA) is 42.9 Å². The number of piperazine rings is 1. The molecule has 0 bridgehead atoms. The predicted molar refractivity (Wildman–Crippen MR) is 126 cm³/mol. The fourth-order valence-corrected chi connectivity index (χ4v) is 4.23. The lowest BCUT2D eigenvalue weighted by Crippen LogP contribution is -2.46. The highest BCUT2D eigenvalue weighted by Crippen LogP contribution is 2.18. The van der Waals surface area contributed by atoms with Gasteiger partial charge in [0.2, 0.25) is 0 Å². The summed E-state index contributed by atoms with van der Waals surface area (Å²) < 4.78 is 0. The van der Waals surface area contributed by atoms with E-state index in [1.54, 1.807) is 0 Å². The minimum atomic E-state index is 0.465. The maximum atomic E-state index is 4.40. The van der Waals surface area contributed by atoms with E-state index >= 15 is 0 Å². The molecule has 0 radical (unpaired) electrons. The van der Waals surface area contributed by atoms with Gasteiger partial charge in [-0.2, -0.15) is 0 Å². The molecule has 1 aliphatic heterocycles. The lowest BCUT2D eigenvalue weighted by Gasteiger charge is -2.36. The van der Waals surface area contributed by atoms with E-state index in [0.717, 1.165) is 58.1 Å². The van der Waals surface area contributed by atoms with Crippen molar-refractivity contribution in [3.63, 3.8) is 0 Å². The molecule has 1 saturated heterocycles. The van der Waals surface area contributed by atoms with Gasteiger partial charge >= 0.3 is 0 Å². The average molecular weight is 404 g/mol. The quantitative estimate of drug-likeness (QED) is 0.441. The number of hydrogen-bond donors (Lipinski definition) is 2. The third kappa shape index (κ3) is 5.42. The van der Waals surface area contributed by atoms with Crippen molar-refractivity contribution in [2.24, 2.45) is 4.99 Å². The van der Waals surface area contributed by atoms with Crippen molar-refractivity contribution < 1.29 is 0 Å². The summed E-state index contributed by atoms with van der Waals surface area (Å²) in [6, 6.07) is 20.0. The van der Waals surface area contributed by atoms with Crippen molar-refractivity contribution in [3.05, 3.63) is 77.9 Å². The van der Waals surface area contributed by atoms with Crippen LogP contribution >= 0.6 is 0 Å². The first-order valence-corrected chi connectivity index (χ1v) is 11.0. The Morgan fingerprint density at radius 3 is 2.27 bits per heavy atom. The zero-order valence-electron chi connectivity index (χ0n) is 17.9. The van der Waals surface area contributed by atoms with Gasteiger partial charge in [-0.15, -0.1) is 0 Å². The van der Waals surface area contributed by atoms with Gasteiger partial charge in [0.05, 0.1) is 0 Å². The molecule has 0 saturated carbocycles. The number of rotatable bonds is 6. The molecule has 0 aromatic heterocycles. The summed E-state index contributed by atoms with van der Waals surface area (Å²) in [4.78, 5) is 9.45. The molecule has 0 amide bonds. The molecule has 1 fully saturated rings. The summed E-state index contributed by atoms with van der Waals surface area (Å²) in [5, 5.41) is 7.02. The maximum absolute atomic E-state index is 4.40. The van der Waals surface area contributed by atoms with Crippen molar-refractivity contribution in [3.8, 4) is 0 Å². The summed E-state index contributed by atoms with van der Waals surface area (Å²) in [6.07, 6.45) is 6.62. The van der Waals surface area contributed by atoms with Gasteiger partial charge < -0.3 is 15.5 Å². The van der Waals surface area contributed by atoms with Crippen LogP contribution in [0.25, 0.3) is 0 Å². The van der Waals surface area contributed by atoms with Gasteiger partial charge in [0, 0.05) is 58.0 Å². The standard InChI is InChI=1S/C25H33N5/c1-26-25(28-23-11-7-8-12-23)27-19-21-9-5-6-10-22(21)20-29-15-17-30(18-16-29)24-13-3-2-4-14-24/h2-10,13-14,23H,11-12,15-20H2,1H3,(H2,26,27,28). The number of nitrogens with zero attached hydrogens (tertiary/aromatic N) is 3. The Bertz CT molecular complexity index is 845. The van der Waals surface area contributed by atoms with Gasteiger partial charge in [-0.05, 0) is 36.1 Å². The number of aliphatic imine (C=N–C) groups is 1. The van der Waals surface area contributed by atoms with Gasteiger partial charge in [-0.25, -0.2) is 0 Å². The number of guanidine groups is 1. The highest BCUT2D eigenvalue weighted by molar-refractivity contribution is 5.80. The Balaban J connectivity index is 1.30. The van der Waals surface area contributed by atoms with Crippen molar-refractivity contribution in [1.82, 2.24) is 15.5 Å². The average Bonchev–Trinajstić information content (AvgIpc) is 3.32. The van der Waals surface area contributed by atoms with E-state index in [2.05, 4.69) is 92.2 Å². The zero-order chi connectivity index (χ0) is 20.6. The van der Waals surface area contributed by atoms with Crippen LogP contribution in [0.2, 0.25) is 0 Å². The van der Waals surface area contributed by atoms with E-state index < -0.39 is 0 Å². The van der Waals surface area contributed by atoms with Crippen LogP contribution in [0.5, 0.6) is 0 Å². The molecule has 158 valence electrons. The largest absolute Gasteiger partial charge is 0.369 e. The Morgan fingerprint density at radius 2 is 1.57 bits per heavy atom. The van der Waals surface area contributed by atoms with Crippen LogP contribution in [0.4, 0.5) is 5.69 Å². The number of hydrogen-bond acceptors (Lipinski definition) is 3. The molecule has 1 heterocycles. The number of para-hydroxylation sites is 1. The van der Waals surface area contributed by atoms with Crippen molar-refractivity contribution in [1.29, 1.82) is 0 Å². The normalized spacial score (nSPS) is 18.0. The van der Waals surface area contributed by atoms with Crippen LogP contribution in [-0.2, 0) is 13.1 Å². The van der Waals surface area contributed by atoms with Crippen molar-refractivity contribution in [2.75, 3.05) is 38.1 Å². The molecule has 2 aromatic carbocycles. The third-order valence-electron chi connectivity index (χ3n) is 6.02. The smallest absolute Gasteiger partial charge is 0.191 e. The first-order valence-electron chi connectivity index (χ1n) is 11.0. The molecule has 0 unspecified atom stereocenters. The molecule has 0 atom stereocenters. The summed E-state index contributed by atoms with van der Waals surface area (Å²) in [5.41, 5.74) is 4.07. The molecule has 2 aliphatic rings. The highest BCUT2D eigenvalue weighted by atomic mass is 15.3. The Labute approximate surface area is 180 Å². The van der Waals surface area contributed by atoms with Gasteiger partial charge in [0.15, 0.2) is 5.96 Å². The fourth-order valence-electron chi connectivity index (χ4n) is 4.23. The van der Waals surface area contributed by atoms with E-state index in [-0.39, 0.29) is 0 Å². The lowest BCUT2D eigenvalue weighted by atomic mass is 10.1. The molecule has 5 nitrogen and oxygen atoms in total. The van der Waals surface area contributed by atoms with Gasteiger partial charge in [-0.3, -0.25) is 9.89 Å². The number of benzene rings is 2. The second-order valence-electron chi connectivity index (χ2n) is 8.08. The lowest BCUT2D eigenvalue weighted by molar-refractivity contribution is 0.249. The molecular weight excluding hydrogens is 370 g/mol. The summed E-state index contributed by atoms with van der Waals surface area (Å²) in [6.45, 7) is 6.13. The minimum Gasteiger partial charge on any atom is -0.369 e.